The molecule has 0 saturated heterocycles. The van der Waals surface area contributed by atoms with Crippen LogP contribution in [0.5, 0.6) is 5.75 Å². The van der Waals surface area contributed by atoms with E-state index >= 15 is 0 Å². The molecule has 1 atom stereocenters. The van der Waals surface area contributed by atoms with Gasteiger partial charge in [0.1, 0.15) is 5.75 Å². The van der Waals surface area contributed by atoms with Crippen LogP contribution in [0.1, 0.15) is 25.5 Å². The lowest BCUT2D eigenvalue weighted by Crippen LogP contribution is -2.15. The standard InChI is InChI=1S/C11H15F2NO2/c1-6(2)16-11-4-9(13)8(12)3-7(11)10(15)5-14/h3-4,6,10,15H,5,14H2,1-2H3. The zero-order chi connectivity index (χ0) is 12.3. The number of aliphatic hydroxyl groups excluding tert-OH is 1. The second-order valence-electron chi connectivity index (χ2n) is 3.72. The van der Waals surface area contributed by atoms with Crippen LogP contribution in [0.2, 0.25) is 0 Å². The highest BCUT2D eigenvalue weighted by Crippen LogP contribution is 2.28. The maximum Gasteiger partial charge on any atom is 0.162 e. The van der Waals surface area contributed by atoms with Gasteiger partial charge in [-0.25, -0.2) is 8.78 Å². The third kappa shape index (κ3) is 2.90. The van der Waals surface area contributed by atoms with Crippen molar-refractivity contribution < 1.29 is 18.6 Å². The van der Waals surface area contributed by atoms with Gasteiger partial charge in [0, 0.05) is 18.2 Å². The largest absolute Gasteiger partial charge is 0.491 e. The zero-order valence-electron chi connectivity index (χ0n) is 9.21. The predicted octanol–water partition coefficient (Wildman–Crippen LogP) is 1.74. The maximum absolute atomic E-state index is 13.0. The molecular formula is C11H15F2NO2. The minimum Gasteiger partial charge on any atom is -0.491 e. The summed E-state index contributed by atoms with van der Waals surface area (Å²) in [5, 5.41) is 9.54. The lowest BCUT2D eigenvalue weighted by Gasteiger charge is -2.17. The summed E-state index contributed by atoms with van der Waals surface area (Å²) < 4.78 is 31.3. The Hall–Kier alpha value is -1.20. The highest BCUT2D eigenvalue weighted by molar-refractivity contribution is 5.36. The summed E-state index contributed by atoms with van der Waals surface area (Å²) in [6, 6.07) is 1.83. The molecule has 0 aromatic heterocycles. The summed E-state index contributed by atoms with van der Waals surface area (Å²) in [5.74, 6) is -1.92. The van der Waals surface area contributed by atoms with Gasteiger partial charge in [-0.3, -0.25) is 0 Å². The van der Waals surface area contributed by atoms with Crippen molar-refractivity contribution in [3.05, 3.63) is 29.3 Å². The number of aliphatic hydroxyl groups is 1. The molecule has 0 aliphatic rings. The molecule has 0 bridgehead atoms. The van der Waals surface area contributed by atoms with Crippen LogP contribution in [0, 0.1) is 11.6 Å². The van der Waals surface area contributed by atoms with Gasteiger partial charge >= 0.3 is 0 Å². The Kier molecular flexibility index (Phi) is 4.20. The van der Waals surface area contributed by atoms with E-state index < -0.39 is 17.7 Å². The molecule has 16 heavy (non-hydrogen) atoms. The number of nitrogens with two attached hydrogens (primary N) is 1. The van der Waals surface area contributed by atoms with Crippen molar-refractivity contribution in [2.24, 2.45) is 5.73 Å². The van der Waals surface area contributed by atoms with Gasteiger partial charge in [0.15, 0.2) is 11.6 Å². The Labute approximate surface area is 92.8 Å². The molecule has 0 aliphatic carbocycles. The number of ether oxygens (including phenoxy) is 1. The van der Waals surface area contributed by atoms with E-state index in [0.717, 1.165) is 12.1 Å². The fourth-order valence-corrected chi connectivity index (χ4v) is 1.29. The molecule has 1 aromatic carbocycles. The van der Waals surface area contributed by atoms with Gasteiger partial charge in [-0.1, -0.05) is 0 Å². The van der Waals surface area contributed by atoms with Gasteiger partial charge < -0.3 is 15.6 Å². The third-order valence-corrected chi connectivity index (χ3v) is 2.00. The summed E-state index contributed by atoms with van der Waals surface area (Å²) in [6.07, 6.45) is -1.27. The molecule has 1 aromatic rings. The van der Waals surface area contributed by atoms with Crippen LogP contribution in [0.3, 0.4) is 0 Å². The van der Waals surface area contributed by atoms with Gasteiger partial charge in [-0.2, -0.15) is 0 Å². The fraction of sp³-hybridized carbons (Fsp3) is 0.455. The Morgan fingerprint density at radius 2 is 1.88 bits per heavy atom. The maximum atomic E-state index is 13.0. The van der Waals surface area contributed by atoms with Gasteiger partial charge in [-0.15, -0.1) is 0 Å². The van der Waals surface area contributed by atoms with Crippen LogP contribution in [0.15, 0.2) is 12.1 Å². The second-order valence-corrected chi connectivity index (χ2v) is 3.72. The minimum absolute atomic E-state index is 0.0838. The molecule has 0 aliphatic heterocycles. The number of hydrogen-bond donors (Lipinski definition) is 2. The number of halogens is 2. The van der Waals surface area contributed by atoms with Gasteiger partial charge in [-0.05, 0) is 19.9 Å². The molecule has 0 amide bonds. The van der Waals surface area contributed by atoms with E-state index in [4.69, 9.17) is 10.5 Å². The molecule has 3 nitrogen and oxygen atoms in total. The highest BCUT2D eigenvalue weighted by Gasteiger charge is 2.17. The summed E-state index contributed by atoms with van der Waals surface area (Å²) in [7, 11) is 0. The van der Waals surface area contributed by atoms with E-state index in [9.17, 15) is 13.9 Å². The highest BCUT2D eigenvalue weighted by atomic mass is 19.2. The first-order valence-corrected chi connectivity index (χ1v) is 4.99. The smallest absolute Gasteiger partial charge is 0.162 e. The van der Waals surface area contributed by atoms with Crippen molar-refractivity contribution in [3.63, 3.8) is 0 Å². The molecule has 0 heterocycles. The molecule has 0 saturated carbocycles. The van der Waals surface area contributed by atoms with Crippen molar-refractivity contribution in [1.29, 1.82) is 0 Å². The lowest BCUT2D eigenvalue weighted by atomic mass is 10.1. The second kappa shape index (κ2) is 5.23. The van der Waals surface area contributed by atoms with Crippen LogP contribution in [0.4, 0.5) is 8.78 Å². The number of hydrogen-bond acceptors (Lipinski definition) is 3. The van der Waals surface area contributed by atoms with Crippen LogP contribution >= 0.6 is 0 Å². The molecule has 5 heteroatoms. The lowest BCUT2D eigenvalue weighted by molar-refractivity contribution is 0.171. The van der Waals surface area contributed by atoms with Crippen molar-refractivity contribution in [2.45, 2.75) is 26.1 Å². The molecule has 3 N–H and O–H groups in total. The van der Waals surface area contributed by atoms with Gasteiger partial charge in [0.2, 0.25) is 0 Å². The van der Waals surface area contributed by atoms with Crippen molar-refractivity contribution in [1.82, 2.24) is 0 Å². The number of rotatable bonds is 4. The van der Waals surface area contributed by atoms with Gasteiger partial charge in [0.05, 0.1) is 12.2 Å². The average molecular weight is 231 g/mol. The first kappa shape index (κ1) is 12.9. The van der Waals surface area contributed by atoms with E-state index in [1.54, 1.807) is 13.8 Å². The van der Waals surface area contributed by atoms with E-state index in [-0.39, 0.29) is 24.0 Å². The minimum atomic E-state index is -1.07. The molecule has 0 radical (unpaired) electrons. The Morgan fingerprint density at radius 3 is 2.38 bits per heavy atom. The van der Waals surface area contributed by atoms with Crippen LogP contribution in [-0.4, -0.2) is 17.8 Å². The summed E-state index contributed by atoms with van der Waals surface area (Å²) in [6.45, 7) is 3.42. The van der Waals surface area contributed by atoms with E-state index in [0.29, 0.717) is 0 Å². The van der Waals surface area contributed by atoms with Crippen LogP contribution in [-0.2, 0) is 0 Å². The molecule has 1 rings (SSSR count). The van der Waals surface area contributed by atoms with Crippen LogP contribution in [0.25, 0.3) is 0 Å². The van der Waals surface area contributed by atoms with E-state index in [1.165, 1.54) is 0 Å². The average Bonchev–Trinajstić information content (AvgIpc) is 2.21. The predicted molar refractivity (Wildman–Crippen MR) is 56.1 cm³/mol. The van der Waals surface area contributed by atoms with Gasteiger partial charge in [0.25, 0.3) is 0 Å². The summed E-state index contributed by atoms with van der Waals surface area (Å²) >= 11 is 0. The molecular weight excluding hydrogens is 216 g/mol. The quantitative estimate of drug-likeness (QED) is 0.830. The summed E-state index contributed by atoms with van der Waals surface area (Å²) in [4.78, 5) is 0. The van der Waals surface area contributed by atoms with E-state index in [2.05, 4.69) is 0 Å². The normalized spacial score (nSPS) is 12.9. The monoisotopic (exact) mass is 231 g/mol. The van der Waals surface area contributed by atoms with E-state index in [1.807, 2.05) is 0 Å². The van der Waals surface area contributed by atoms with Crippen molar-refractivity contribution in [3.8, 4) is 5.75 Å². The van der Waals surface area contributed by atoms with Crippen molar-refractivity contribution >= 4 is 0 Å². The van der Waals surface area contributed by atoms with Crippen molar-refractivity contribution in [2.75, 3.05) is 6.54 Å². The first-order valence-electron chi connectivity index (χ1n) is 4.99. The third-order valence-electron chi connectivity index (χ3n) is 2.00. The SMILES string of the molecule is CC(C)Oc1cc(F)c(F)cc1C(O)CN. The number of benzene rings is 1. The molecule has 0 spiro atoms. The Bertz CT molecular complexity index is 369. The Morgan fingerprint density at radius 1 is 1.31 bits per heavy atom. The Balaban J connectivity index is 3.16. The molecule has 90 valence electrons. The zero-order valence-corrected chi connectivity index (χ0v) is 9.21. The molecule has 1 unspecified atom stereocenters. The van der Waals surface area contributed by atoms with Crippen LogP contribution < -0.4 is 10.5 Å². The summed E-state index contributed by atoms with van der Waals surface area (Å²) in [5.41, 5.74) is 5.43. The molecule has 0 fully saturated rings. The first-order chi connectivity index (χ1) is 7.45. The topological polar surface area (TPSA) is 55.5 Å². The fourth-order valence-electron chi connectivity index (χ4n) is 1.29.